The zero-order valence-corrected chi connectivity index (χ0v) is 9.37. The third kappa shape index (κ3) is 1.83. The molecule has 3 heterocycles. The lowest BCUT2D eigenvalue weighted by molar-refractivity contribution is 0.400. The zero-order chi connectivity index (χ0) is 10.8. The van der Waals surface area contributed by atoms with E-state index in [1.165, 1.54) is 36.8 Å². The predicted molar refractivity (Wildman–Crippen MR) is 65.4 cm³/mol. The Bertz CT molecular complexity index is 469. The van der Waals surface area contributed by atoms with Crippen molar-refractivity contribution in [3.63, 3.8) is 0 Å². The Morgan fingerprint density at radius 2 is 2.38 bits per heavy atom. The van der Waals surface area contributed by atoms with Crippen LogP contribution in [0.2, 0.25) is 0 Å². The SMILES string of the molecule is c1cnc2[nH]cc(CC3CCCCN3)c2c1. The summed E-state index contributed by atoms with van der Waals surface area (Å²) < 4.78 is 0. The van der Waals surface area contributed by atoms with Gasteiger partial charge in [-0.15, -0.1) is 0 Å². The molecule has 0 spiro atoms. The molecule has 0 saturated carbocycles. The van der Waals surface area contributed by atoms with E-state index in [1.54, 1.807) is 0 Å². The van der Waals surface area contributed by atoms with E-state index in [0.717, 1.165) is 12.1 Å². The van der Waals surface area contributed by atoms with Crippen molar-refractivity contribution in [3.05, 3.63) is 30.1 Å². The van der Waals surface area contributed by atoms with E-state index >= 15 is 0 Å². The maximum atomic E-state index is 4.32. The van der Waals surface area contributed by atoms with Crippen molar-refractivity contribution in [2.45, 2.75) is 31.7 Å². The Labute approximate surface area is 95.3 Å². The van der Waals surface area contributed by atoms with Crippen molar-refractivity contribution in [2.75, 3.05) is 6.54 Å². The molecule has 16 heavy (non-hydrogen) atoms. The van der Waals surface area contributed by atoms with Crippen LogP contribution in [-0.2, 0) is 6.42 Å². The predicted octanol–water partition coefficient (Wildman–Crippen LogP) is 2.25. The molecule has 1 saturated heterocycles. The van der Waals surface area contributed by atoms with Gasteiger partial charge in [0.15, 0.2) is 0 Å². The van der Waals surface area contributed by atoms with Gasteiger partial charge in [-0.3, -0.25) is 0 Å². The number of piperidine rings is 1. The van der Waals surface area contributed by atoms with Crippen LogP contribution >= 0.6 is 0 Å². The van der Waals surface area contributed by atoms with E-state index in [4.69, 9.17) is 0 Å². The highest BCUT2D eigenvalue weighted by atomic mass is 14.9. The molecule has 0 aliphatic carbocycles. The van der Waals surface area contributed by atoms with Gasteiger partial charge in [0.1, 0.15) is 5.65 Å². The largest absolute Gasteiger partial charge is 0.346 e. The first kappa shape index (κ1) is 9.85. The number of nitrogens with one attached hydrogen (secondary N) is 2. The molecule has 1 unspecified atom stereocenters. The molecule has 1 aliphatic rings. The Morgan fingerprint density at radius 3 is 3.25 bits per heavy atom. The first-order chi connectivity index (χ1) is 7.93. The van der Waals surface area contributed by atoms with Crippen LogP contribution in [0.15, 0.2) is 24.5 Å². The van der Waals surface area contributed by atoms with Crippen molar-refractivity contribution in [3.8, 4) is 0 Å². The van der Waals surface area contributed by atoms with E-state index in [-0.39, 0.29) is 0 Å². The minimum Gasteiger partial charge on any atom is -0.346 e. The Hall–Kier alpha value is -1.35. The standard InChI is InChI=1S/C13H17N3/c1-2-6-14-11(4-1)8-10-9-16-13-12(10)5-3-7-15-13/h3,5,7,9,11,14H,1-2,4,6,8H2,(H,15,16). The third-order valence-electron chi connectivity index (χ3n) is 3.42. The van der Waals surface area contributed by atoms with Gasteiger partial charge >= 0.3 is 0 Å². The summed E-state index contributed by atoms with van der Waals surface area (Å²) in [6, 6.07) is 4.80. The molecule has 3 heteroatoms. The second kappa shape index (κ2) is 4.26. The molecule has 2 aromatic rings. The minimum atomic E-state index is 0.646. The van der Waals surface area contributed by atoms with Crippen LogP contribution in [-0.4, -0.2) is 22.6 Å². The fourth-order valence-electron chi connectivity index (χ4n) is 2.55. The molecule has 0 aromatic carbocycles. The smallest absolute Gasteiger partial charge is 0.137 e. The molecule has 1 fully saturated rings. The van der Waals surface area contributed by atoms with Crippen LogP contribution in [0.3, 0.4) is 0 Å². The molecule has 0 bridgehead atoms. The Morgan fingerprint density at radius 1 is 1.38 bits per heavy atom. The molecule has 0 radical (unpaired) electrons. The van der Waals surface area contributed by atoms with E-state index in [9.17, 15) is 0 Å². The van der Waals surface area contributed by atoms with Gasteiger partial charge in [-0.2, -0.15) is 0 Å². The molecule has 1 aliphatic heterocycles. The van der Waals surface area contributed by atoms with Gasteiger partial charge in [-0.05, 0) is 43.5 Å². The minimum absolute atomic E-state index is 0.646. The summed E-state index contributed by atoms with van der Waals surface area (Å²) in [7, 11) is 0. The summed E-state index contributed by atoms with van der Waals surface area (Å²) in [6.45, 7) is 1.17. The van der Waals surface area contributed by atoms with Crippen LogP contribution in [0.1, 0.15) is 24.8 Å². The highest BCUT2D eigenvalue weighted by molar-refractivity contribution is 5.79. The van der Waals surface area contributed by atoms with Gasteiger partial charge < -0.3 is 10.3 Å². The molecule has 2 N–H and O–H groups in total. The van der Waals surface area contributed by atoms with Gasteiger partial charge in [-0.1, -0.05) is 6.42 Å². The second-order valence-electron chi connectivity index (χ2n) is 4.56. The van der Waals surface area contributed by atoms with Gasteiger partial charge in [0.25, 0.3) is 0 Å². The van der Waals surface area contributed by atoms with E-state index in [1.807, 2.05) is 12.3 Å². The highest BCUT2D eigenvalue weighted by Gasteiger charge is 2.14. The van der Waals surface area contributed by atoms with Gasteiger partial charge in [0, 0.05) is 23.8 Å². The van der Waals surface area contributed by atoms with Crippen molar-refractivity contribution in [2.24, 2.45) is 0 Å². The van der Waals surface area contributed by atoms with Gasteiger partial charge in [0.05, 0.1) is 0 Å². The van der Waals surface area contributed by atoms with Crippen LogP contribution in [0.4, 0.5) is 0 Å². The van der Waals surface area contributed by atoms with Crippen LogP contribution in [0.5, 0.6) is 0 Å². The maximum Gasteiger partial charge on any atom is 0.137 e. The Kier molecular flexibility index (Phi) is 2.62. The lowest BCUT2D eigenvalue weighted by Gasteiger charge is -2.23. The lowest BCUT2D eigenvalue weighted by Crippen LogP contribution is -2.35. The third-order valence-corrected chi connectivity index (χ3v) is 3.42. The number of hydrogen-bond acceptors (Lipinski definition) is 2. The van der Waals surface area contributed by atoms with Crippen LogP contribution in [0.25, 0.3) is 11.0 Å². The monoisotopic (exact) mass is 215 g/mol. The molecule has 0 amide bonds. The summed E-state index contributed by atoms with van der Waals surface area (Å²) in [4.78, 5) is 7.56. The summed E-state index contributed by atoms with van der Waals surface area (Å²) in [5, 5.41) is 4.86. The number of hydrogen-bond donors (Lipinski definition) is 2. The lowest BCUT2D eigenvalue weighted by atomic mass is 9.98. The number of H-pyrrole nitrogens is 1. The van der Waals surface area contributed by atoms with Crippen molar-refractivity contribution >= 4 is 11.0 Å². The van der Waals surface area contributed by atoms with E-state index in [0.29, 0.717) is 6.04 Å². The molecule has 84 valence electrons. The van der Waals surface area contributed by atoms with Crippen molar-refractivity contribution in [1.82, 2.24) is 15.3 Å². The average Bonchev–Trinajstić information content (AvgIpc) is 2.74. The summed E-state index contributed by atoms with van der Waals surface area (Å²) in [5.74, 6) is 0. The molecular weight excluding hydrogens is 198 g/mol. The normalized spacial score (nSPS) is 21.4. The molecule has 1 atom stereocenters. The molecular formula is C13H17N3. The first-order valence-electron chi connectivity index (χ1n) is 6.08. The van der Waals surface area contributed by atoms with Crippen LogP contribution < -0.4 is 5.32 Å². The topological polar surface area (TPSA) is 40.7 Å². The van der Waals surface area contributed by atoms with Crippen molar-refractivity contribution < 1.29 is 0 Å². The van der Waals surface area contributed by atoms with E-state index in [2.05, 4.69) is 27.5 Å². The number of aromatic amines is 1. The van der Waals surface area contributed by atoms with Crippen molar-refractivity contribution in [1.29, 1.82) is 0 Å². The first-order valence-corrected chi connectivity index (χ1v) is 6.08. The van der Waals surface area contributed by atoms with Crippen LogP contribution in [0, 0.1) is 0 Å². The maximum absolute atomic E-state index is 4.32. The summed E-state index contributed by atoms with van der Waals surface area (Å²) >= 11 is 0. The highest BCUT2D eigenvalue weighted by Crippen LogP contribution is 2.19. The number of rotatable bonds is 2. The number of nitrogens with zero attached hydrogens (tertiary/aromatic N) is 1. The molecule has 3 rings (SSSR count). The fraction of sp³-hybridized carbons (Fsp3) is 0.462. The molecule has 2 aromatic heterocycles. The number of aromatic nitrogens is 2. The van der Waals surface area contributed by atoms with Gasteiger partial charge in [-0.25, -0.2) is 4.98 Å². The average molecular weight is 215 g/mol. The summed E-state index contributed by atoms with van der Waals surface area (Å²) in [5.41, 5.74) is 2.40. The summed E-state index contributed by atoms with van der Waals surface area (Å²) in [6.07, 6.45) is 9.04. The van der Waals surface area contributed by atoms with Gasteiger partial charge in [0.2, 0.25) is 0 Å². The fourth-order valence-corrected chi connectivity index (χ4v) is 2.55. The number of pyridine rings is 1. The molecule has 3 nitrogen and oxygen atoms in total. The quantitative estimate of drug-likeness (QED) is 0.806. The zero-order valence-electron chi connectivity index (χ0n) is 9.37. The Balaban J connectivity index is 1.83. The second-order valence-corrected chi connectivity index (χ2v) is 4.56. The number of fused-ring (bicyclic) bond motifs is 1. The van der Waals surface area contributed by atoms with E-state index < -0.39 is 0 Å².